The predicted molar refractivity (Wildman–Crippen MR) is 155 cm³/mol. The summed E-state index contributed by atoms with van der Waals surface area (Å²) in [7, 11) is 1.05. The Bertz CT molecular complexity index is 1390. The quantitative estimate of drug-likeness (QED) is 0.131. The fraction of sp³-hybridized carbons (Fsp3) is 0.812. The molecule has 48 heavy (non-hydrogen) atoms. The maximum Gasteiger partial charge on any atom is 0.348 e. The Balaban J connectivity index is 1.56. The highest BCUT2D eigenvalue weighted by molar-refractivity contribution is 5.95. The third-order valence-corrected chi connectivity index (χ3v) is 11.8. The molecule has 1 spiro atoms. The minimum atomic E-state index is -2.40. The van der Waals surface area contributed by atoms with Crippen LogP contribution in [0, 0.1) is 34.5 Å². The number of esters is 3. The van der Waals surface area contributed by atoms with Gasteiger partial charge in [-0.15, -0.1) is 0 Å². The third-order valence-electron chi connectivity index (χ3n) is 11.8. The Hall–Kier alpha value is -2.70. The minimum absolute atomic E-state index is 0.0640. The van der Waals surface area contributed by atoms with E-state index < -0.39 is 125 Å². The zero-order chi connectivity index (χ0) is 35.2. The number of carbonyl (C=O) groups excluding carboxylic acids is 4. The lowest BCUT2D eigenvalue weighted by atomic mass is 9.38. The van der Waals surface area contributed by atoms with E-state index in [1.807, 2.05) is 0 Å². The van der Waals surface area contributed by atoms with Crippen LogP contribution in [0.25, 0.3) is 0 Å². The molecule has 0 aromatic heterocycles. The summed E-state index contributed by atoms with van der Waals surface area (Å²) < 4.78 is 35.2. The average Bonchev–Trinajstić information content (AvgIpc) is 3.33. The Kier molecular flexibility index (Phi) is 8.76. The van der Waals surface area contributed by atoms with Gasteiger partial charge in [0.25, 0.3) is 0 Å². The van der Waals surface area contributed by atoms with E-state index in [0.717, 1.165) is 7.11 Å². The van der Waals surface area contributed by atoms with Crippen molar-refractivity contribution in [3.8, 4) is 0 Å². The molecule has 268 valence electrons. The Labute approximate surface area is 275 Å². The van der Waals surface area contributed by atoms with Crippen LogP contribution in [0.15, 0.2) is 11.3 Å². The molecule has 0 aromatic carbocycles. The van der Waals surface area contributed by atoms with E-state index in [1.54, 1.807) is 27.7 Å². The van der Waals surface area contributed by atoms with Gasteiger partial charge < -0.3 is 59.1 Å². The molecule has 5 unspecified atom stereocenters. The van der Waals surface area contributed by atoms with E-state index in [0.29, 0.717) is 5.57 Å². The first-order valence-corrected chi connectivity index (χ1v) is 16.2. The molecule has 3 heterocycles. The van der Waals surface area contributed by atoms with Crippen molar-refractivity contribution in [1.82, 2.24) is 0 Å². The molecule has 3 aliphatic heterocycles. The molecule has 0 radical (unpaired) electrons. The predicted octanol–water partition coefficient (Wildman–Crippen LogP) is -1.58. The second-order valence-corrected chi connectivity index (χ2v) is 14.7. The molecule has 16 heteroatoms. The van der Waals surface area contributed by atoms with Crippen molar-refractivity contribution >= 4 is 23.7 Å². The second-order valence-electron chi connectivity index (χ2n) is 14.7. The summed E-state index contributed by atoms with van der Waals surface area (Å²) in [4.78, 5) is 54.1. The van der Waals surface area contributed by atoms with Gasteiger partial charge in [0.15, 0.2) is 17.8 Å². The number of allylic oxidation sites excluding steroid dienone is 2. The van der Waals surface area contributed by atoms with Gasteiger partial charge in [0.1, 0.15) is 36.6 Å². The lowest BCUT2D eigenvalue weighted by molar-refractivity contribution is -0.354. The van der Waals surface area contributed by atoms with E-state index >= 15 is 0 Å². The molecule has 3 saturated heterocycles. The first-order chi connectivity index (χ1) is 22.5. The van der Waals surface area contributed by atoms with Crippen LogP contribution >= 0.6 is 0 Å². The van der Waals surface area contributed by atoms with E-state index in [2.05, 4.69) is 0 Å². The van der Waals surface area contributed by atoms with Crippen LogP contribution in [0.2, 0.25) is 0 Å². The number of aliphatic hydroxyl groups excluding tert-OH is 6. The van der Waals surface area contributed by atoms with Crippen molar-refractivity contribution in [1.29, 1.82) is 0 Å². The smallest absolute Gasteiger partial charge is 0.348 e. The molecular weight excluding hydrogens is 640 g/mol. The molecule has 2 bridgehead atoms. The number of ether oxygens (including phenoxy) is 6. The van der Waals surface area contributed by atoms with Gasteiger partial charge in [-0.3, -0.25) is 9.59 Å². The van der Waals surface area contributed by atoms with E-state index in [-0.39, 0.29) is 31.8 Å². The average molecular weight is 685 g/mol. The maximum atomic E-state index is 13.9. The number of carbonyl (C=O) groups is 4. The normalized spacial score (nSPS) is 48.1. The lowest BCUT2D eigenvalue weighted by Gasteiger charge is -2.68. The largest absolute Gasteiger partial charge is 0.504 e. The topological polar surface area (TPSA) is 245 Å². The summed E-state index contributed by atoms with van der Waals surface area (Å²) in [6.07, 6.45) is -15.4. The van der Waals surface area contributed by atoms with Crippen molar-refractivity contribution in [2.45, 2.75) is 108 Å². The van der Waals surface area contributed by atoms with Crippen molar-refractivity contribution < 1.29 is 78.2 Å². The number of fused-ring (bicyclic) bond motifs is 2. The van der Waals surface area contributed by atoms with Crippen LogP contribution in [0.4, 0.5) is 0 Å². The summed E-state index contributed by atoms with van der Waals surface area (Å²) in [6, 6.07) is 0. The molecule has 3 aliphatic carbocycles. The monoisotopic (exact) mass is 684 g/mol. The van der Waals surface area contributed by atoms with Gasteiger partial charge in [0.05, 0.1) is 32.3 Å². The molecule has 0 aromatic rings. The van der Waals surface area contributed by atoms with E-state index in [1.165, 1.54) is 0 Å². The van der Waals surface area contributed by atoms with Crippen molar-refractivity contribution in [2.24, 2.45) is 34.5 Å². The molecule has 6 rings (SSSR count). The molecule has 2 saturated carbocycles. The molecule has 5 fully saturated rings. The van der Waals surface area contributed by atoms with Crippen LogP contribution < -0.4 is 0 Å². The number of aliphatic hydroxyl groups is 6. The lowest BCUT2D eigenvalue weighted by Crippen LogP contribution is -2.80. The van der Waals surface area contributed by atoms with Crippen LogP contribution in [0.3, 0.4) is 0 Å². The van der Waals surface area contributed by atoms with Gasteiger partial charge in [0, 0.05) is 24.2 Å². The fourth-order valence-corrected chi connectivity index (χ4v) is 9.83. The van der Waals surface area contributed by atoms with Gasteiger partial charge in [0.2, 0.25) is 11.7 Å². The number of ketones is 1. The number of Topliss-reactive ketones (excluding diaryl/α,β-unsaturated/α-hetero) is 1. The Morgan fingerprint density at radius 3 is 2.38 bits per heavy atom. The highest BCUT2D eigenvalue weighted by atomic mass is 16.7. The zero-order valence-electron chi connectivity index (χ0n) is 27.3. The zero-order valence-corrected chi connectivity index (χ0v) is 27.3. The Morgan fingerprint density at radius 1 is 1.06 bits per heavy atom. The molecule has 6 N–H and O–H groups in total. The summed E-state index contributed by atoms with van der Waals surface area (Å²) in [5.41, 5.74) is -4.78. The SMILES string of the molecule is COC(=O)[C@@]12OC[C@]34C([C@@H](OC5O[C@H](CO)C(O)C(O)[C@H]5O)[C@@H]1O)[C@@]1(C)CC(=O)C(O)=C(C)C1C[C@H]3OC(=O)[C@H](OC(=O)CC(C)C)[C@@H]24. The molecular formula is C32H44O16. The van der Waals surface area contributed by atoms with Crippen molar-refractivity contribution in [2.75, 3.05) is 20.3 Å². The van der Waals surface area contributed by atoms with Crippen LogP contribution in [-0.4, -0.2) is 135 Å². The first-order valence-electron chi connectivity index (χ1n) is 16.2. The van der Waals surface area contributed by atoms with Gasteiger partial charge in [-0.2, -0.15) is 0 Å². The van der Waals surface area contributed by atoms with Gasteiger partial charge >= 0.3 is 17.9 Å². The minimum Gasteiger partial charge on any atom is -0.504 e. The van der Waals surface area contributed by atoms with Crippen LogP contribution in [0.1, 0.15) is 47.0 Å². The third kappa shape index (κ3) is 4.63. The van der Waals surface area contributed by atoms with Gasteiger partial charge in [-0.25, -0.2) is 9.59 Å². The van der Waals surface area contributed by atoms with Crippen molar-refractivity contribution in [3.63, 3.8) is 0 Å². The van der Waals surface area contributed by atoms with Gasteiger partial charge in [-0.05, 0) is 36.2 Å². The highest BCUT2D eigenvalue weighted by Gasteiger charge is 2.85. The standard InChI is InChI=1S/C32H44O16/c1-11(2)6-17(35)47-23-25-31-10-44-32(25,29(42)43-5)26(40)22(48-28-21(39)20(38)19(37)15(9-33)45-28)24(31)30(4)8-14(34)18(36)12(3)13(30)7-16(31)46-27(23)41/h11,13,15-16,19-26,28,33,36-40H,6-10H2,1-5H3/t13?,15-,16-,19?,20?,21-,22-,23-,24?,25-,26+,28?,30+,31-,32+/m1/s1. The molecule has 0 amide bonds. The second kappa shape index (κ2) is 12.0. The number of methoxy groups -OCH3 is 1. The fourth-order valence-electron chi connectivity index (χ4n) is 9.83. The van der Waals surface area contributed by atoms with Gasteiger partial charge in [-0.1, -0.05) is 20.8 Å². The van der Waals surface area contributed by atoms with Crippen LogP contribution in [-0.2, 0) is 47.6 Å². The molecule has 6 aliphatic rings. The number of hydrogen-bond acceptors (Lipinski definition) is 16. The maximum absolute atomic E-state index is 13.9. The summed E-state index contributed by atoms with van der Waals surface area (Å²) in [5, 5.41) is 64.9. The number of rotatable bonds is 7. The summed E-state index contributed by atoms with van der Waals surface area (Å²) in [5.74, 6) is -7.18. The number of hydrogen-bond donors (Lipinski definition) is 6. The van der Waals surface area contributed by atoms with E-state index in [9.17, 15) is 49.8 Å². The van der Waals surface area contributed by atoms with Crippen LogP contribution in [0.5, 0.6) is 0 Å². The highest BCUT2D eigenvalue weighted by Crippen LogP contribution is 2.73. The van der Waals surface area contributed by atoms with E-state index in [4.69, 9.17) is 28.4 Å². The summed E-state index contributed by atoms with van der Waals surface area (Å²) >= 11 is 0. The Morgan fingerprint density at radius 2 is 1.75 bits per heavy atom. The molecule has 16 nitrogen and oxygen atoms in total. The summed E-state index contributed by atoms with van der Waals surface area (Å²) in [6.45, 7) is 5.74. The van der Waals surface area contributed by atoms with Crippen molar-refractivity contribution in [3.05, 3.63) is 11.3 Å². The first kappa shape index (κ1) is 35.1. The molecule has 15 atom stereocenters.